The molecule has 0 unspecified atom stereocenters. The maximum Gasteiger partial charge on any atom is 0.343 e. The summed E-state index contributed by atoms with van der Waals surface area (Å²) in [5, 5.41) is 7.61. The fourth-order valence-electron chi connectivity index (χ4n) is 8.32. The summed E-state index contributed by atoms with van der Waals surface area (Å²) in [6.07, 6.45) is -1.36. The lowest BCUT2D eigenvalue weighted by Gasteiger charge is -2.26. The Morgan fingerprint density at radius 2 is 1.18 bits per heavy atom. The number of benzene rings is 7. The third-order valence-corrected chi connectivity index (χ3v) is 11.7. The molecule has 0 amide bonds. The number of aryl methyl sites for hydroxylation is 1. The molecule has 0 radical (unpaired) electrons. The summed E-state index contributed by atoms with van der Waals surface area (Å²) in [5.41, 5.74) is 10.5. The zero-order chi connectivity index (χ0) is 39.9. The lowest BCUT2D eigenvalue weighted by molar-refractivity contribution is -0.232. The van der Waals surface area contributed by atoms with Gasteiger partial charge in [-0.15, -0.1) is 0 Å². The van der Waals surface area contributed by atoms with Crippen molar-refractivity contribution in [1.82, 2.24) is 0 Å². The molecule has 7 aromatic rings. The van der Waals surface area contributed by atoms with E-state index in [1.807, 2.05) is 12.1 Å². The number of carbonyl (C=O) groups is 1. The number of esters is 1. The van der Waals surface area contributed by atoms with Gasteiger partial charge in [0.2, 0.25) is 0 Å². The number of hydrogen-bond acceptors (Lipinski definition) is 2. The van der Waals surface area contributed by atoms with Gasteiger partial charge in [-0.25, -0.2) is 4.79 Å². The molecule has 0 saturated heterocycles. The van der Waals surface area contributed by atoms with Gasteiger partial charge in [-0.2, -0.15) is 17.6 Å². The van der Waals surface area contributed by atoms with Crippen molar-refractivity contribution in [3.63, 3.8) is 0 Å². The molecule has 8 rings (SSSR count). The Hall–Kier alpha value is -5.49. The van der Waals surface area contributed by atoms with E-state index in [4.69, 9.17) is 0 Å². The molecule has 0 bridgehead atoms. The fraction of sp³-hybridized carbons (Fsp3) is 0.260. The van der Waals surface area contributed by atoms with Crippen LogP contribution in [0.2, 0.25) is 0 Å². The minimum Gasteiger partial charge on any atom is -0.456 e. The predicted molar refractivity (Wildman–Crippen MR) is 221 cm³/mol. The molecule has 2 nitrogen and oxygen atoms in total. The summed E-state index contributed by atoms with van der Waals surface area (Å²) in [7, 11) is 0. The molecule has 56 heavy (non-hydrogen) atoms. The monoisotopic (exact) mass is 752 g/mol. The maximum atomic E-state index is 14.6. The molecule has 0 saturated carbocycles. The highest BCUT2D eigenvalue weighted by atomic mass is 19.3. The van der Waals surface area contributed by atoms with Gasteiger partial charge >= 0.3 is 17.8 Å². The second-order valence-electron chi connectivity index (χ2n) is 17.0. The van der Waals surface area contributed by atoms with Crippen LogP contribution >= 0.6 is 0 Å². The molecule has 0 aromatic heterocycles. The minimum atomic E-state index is -4.51. The van der Waals surface area contributed by atoms with Crippen LogP contribution in [0.5, 0.6) is 0 Å². The van der Waals surface area contributed by atoms with Crippen LogP contribution in [0, 0.1) is 0 Å². The smallest absolute Gasteiger partial charge is 0.343 e. The Balaban J connectivity index is 1.05. The fourth-order valence-corrected chi connectivity index (χ4v) is 8.32. The maximum absolute atomic E-state index is 14.6. The highest BCUT2D eigenvalue weighted by molar-refractivity contribution is 6.25. The van der Waals surface area contributed by atoms with Crippen LogP contribution in [0.15, 0.2) is 121 Å². The molecule has 284 valence electrons. The Bertz CT molecular complexity index is 2680. The van der Waals surface area contributed by atoms with Crippen LogP contribution in [0.4, 0.5) is 17.6 Å². The molecule has 6 heteroatoms. The molecule has 0 N–H and O–H groups in total. The summed E-state index contributed by atoms with van der Waals surface area (Å²) in [6, 6.07) is 38.5. The minimum absolute atomic E-state index is 0.0518. The molecular formula is C50H44F4O2. The highest BCUT2D eigenvalue weighted by Gasteiger charge is 2.56. The molecular weight excluding hydrogens is 709 g/mol. The second kappa shape index (κ2) is 13.0. The first-order valence-electron chi connectivity index (χ1n) is 19.1. The Kier molecular flexibility index (Phi) is 8.72. The van der Waals surface area contributed by atoms with Gasteiger partial charge in [-0.05, 0) is 119 Å². The first-order chi connectivity index (χ1) is 26.4. The first kappa shape index (κ1) is 37.4. The Morgan fingerprint density at radius 1 is 0.643 bits per heavy atom. The molecule has 1 aliphatic rings. The molecule has 0 heterocycles. The van der Waals surface area contributed by atoms with Crippen molar-refractivity contribution in [1.29, 1.82) is 0 Å². The van der Waals surface area contributed by atoms with E-state index in [9.17, 15) is 22.4 Å². The summed E-state index contributed by atoms with van der Waals surface area (Å²) in [6.45, 7) is 14.1. The van der Waals surface area contributed by atoms with E-state index in [2.05, 4.69) is 131 Å². The van der Waals surface area contributed by atoms with Crippen molar-refractivity contribution in [2.75, 3.05) is 6.61 Å². The van der Waals surface area contributed by atoms with E-state index in [1.165, 1.54) is 78.2 Å². The van der Waals surface area contributed by atoms with Crippen LogP contribution in [-0.4, -0.2) is 24.4 Å². The van der Waals surface area contributed by atoms with E-state index in [-0.39, 0.29) is 22.8 Å². The van der Waals surface area contributed by atoms with E-state index in [1.54, 1.807) is 12.1 Å². The standard InChI is InChI=1S/C50H44F4O2/c1-29(2)46(55)56-28-50(53,54)49(51,52)23-22-30-8-10-31(11-9-30)33-15-19-39-40-20-16-34(27-43(40)48(6,7)42(39)26-33)38-18-14-32-12-13-35-24-37(47(3,4)5)25-36-17-21-41(38)45(32)44(35)36/h8-21,24-27H,1,22-23,28H2,2-7H3. The van der Waals surface area contributed by atoms with E-state index in [0.717, 1.165) is 11.1 Å². The Morgan fingerprint density at radius 3 is 1.80 bits per heavy atom. The lowest BCUT2D eigenvalue weighted by atomic mass is 9.80. The summed E-state index contributed by atoms with van der Waals surface area (Å²) in [4.78, 5) is 11.5. The molecule has 1 aliphatic carbocycles. The van der Waals surface area contributed by atoms with Crippen molar-refractivity contribution in [3.8, 4) is 33.4 Å². The van der Waals surface area contributed by atoms with Gasteiger partial charge in [0.1, 0.15) is 0 Å². The Labute approximate surface area is 325 Å². The van der Waals surface area contributed by atoms with Crippen molar-refractivity contribution >= 4 is 38.3 Å². The third-order valence-electron chi connectivity index (χ3n) is 11.7. The van der Waals surface area contributed by atoms with Crippen LogP contribution in [0.3, 0.4) is 0 Å². The number of hydrogen-bond donors (Lipinski definition) is 0. The van der Waals surface area contributed by atoms with Gasteiger partial charge in [0.25, 0.3) is 0 Å². The molecule has 0 atom stereocenters. The SMILES string of the molecule is C=C(C)C(=O)OCC(F)(F)C(F)(F)CCc1ccc(-c2ccc3c(c2)C(C)(C)c2cc(-c4ccc5ccc6cc(C(C)(C)C)cc7ccc4c5c67)ccc2-3)cc1. The largest absolute Gasteiger partial charge is 0.456 e. The number of carbonyl (C=O) groups excluding carboxylic acids is 1. The first-order valence-corrected chi connectivity index (χ1v) is 19.1. The summed E-state index contributed by atoms with van der Waals surface area (Å²) >= 11 is 0. The van der Waals surface area contributed by atoms with Crippen LogP contribution in [-0.2, 0) is 26.8 Å². The number of fused-ring (bicyclic) bond motifs is 3. The van der Waals surface area contributed by atoms with Gasteiger partial charge in [-0.1, -0.05) is 138 Å². The van der Waals surface area contributed by atoms with Crippen LogP contribution in [0.25, 0.3) is 65.7 Å². The van der Waals surface area contributed by atoms with Crippen molar-refractivity contribution in [2.24, 2.45) is 0 Å². The van der Waals surface area contributed by atoms with E-state index >= 15 is 0 Å². The molecule has 0 spiro atoms. The van der Waals surface area contributed by atoms with Crippen LogP contribution < -0.4 is 0 Å². The normalized spacial score (nSPS) is 14.0. The molecule has 0 fully saturated rings. The van der Waals surface area contributed by atoms with Gasteiger partial charge in [0.05, 0.1) is 0 Å². The van der Waals surface area contributed by atoms with Crippen LogP contribution in [0.1, 0.15) is 70.2 Å². The lowest BCUT2D eigenvalue weighted by Crippen LogP contribution is -2.45. The highest BCUT2D eigenvalue weighted by Crippen LogP contribution is 2.51. The van der Waals surface area contributed by atoms with E-state index in [0.29, 0.717) is 5.56 Å². The average molecular weight is 753 g/mol. The van der Waals surface area contributed by atoms with Gasteiger partial charge in [0.15, 0.2) is 6.61 Å². The van der Waals surface area contributed by atoms with Gasteiger partial charge < -0.3 is 4.74 Å². The number of rotatable bonds is 9. The number of ether oxygens (including phenoxy) is 1. The topological polar surface area (TPSA) is 26.3 Å². The summed E-state index contributed by atoms with van der Waals surface area (Å²) < 4.78 is 62.1. The predicted octanol–water partition coefficient (Wildman–Crippen LogP) is 13.8. The number of alkyl halides is 4. The average Bonchev–Trinajstić information content (AvgIpc) is 3.39. The third kappa shape index (κ3) is 6.24. The zero-order valence-corrected chi connectivity index (χ0v) is 32.5. The van der Waals surface area contributed by atoms with Crippen molar-refractivity contribution < 1.29 is 27.1 Å². The van der Waals surface area contributed by atoms with Gasteiger partial charge in [0, 0.05) is 17.4 Å². The molecule has 0 aliphatic heterocycles. The number of halogens is 4. The van der Waals surface area contributed by atoms with E-state index < -0.39 is 30.8 Å². The summed E-state index contributed by atoms with van der Waals surface area (Å²) in [5.74, 6) is -10.0. The second-order valence-corrected chi connectivity index (χ2v) is 17.0. The zero-order valence-electron chi connectivity index (χ0n) is 32.5. The van der Waals surface area contributed by atoms with Gasteiger partial charge in [-0.3, -0.25) is 0 Å². The quantitative estimate of drug-likeness (QED) is 0.0635. The van der Waals surface area contributed by atoms with Crippen molar-refractivity contribution in [2.45, 2.75) is 77.1 Å². The van der Waals surface area contributed by atoms with Crippen molar-refractivity contribution in [3.05, 3.63) is 144 Å². The molecule has 7 aromatic carbocycles.